The van der Waals surface area contributed by atoms with Crippen molar-refractivity contribution in [3.8, 4) is 5.75 Å². The van der Waals surface area contributed by atoms with Crippen LogP contribution in [-0.2, 0) is 13.2 Å². The number of aromatic nitrogens is 4. The van der Waals surface area contributed by atoms with Crippen molar-refractivity contribution >= 4 is 5.91 Å². The van der Waals surface area contributed by atoms with Crippen LogP contribution in [0.5, 0.6) is 5.75 Å². The fourth-order valence-electron chi connectivity index (χ4n) is 2.41. The van der Waals surface area contributed by atoms with Gasteiger partial charge in [0.15, 0.2) is 6.61 Å². The van der Waals surface area contributed by atoms with Gasteiger partial charge in [-0.2, -0.15) is 10.1 Å². The summed E-state index contributed by atoms with van der Waals surface area (Å²) in [4.78, 5) is 16.3. The summed E-state index contributed by atoms with van der Waals surface area (Å²) in [7, 11) is 0. The summed E-state index contributed by atoms with van der Waals surface area (Å²) in [5, 5.41) is 10.9. The Hall–Kier alpha value is -3.16. The first-order valence-electron chi connectivity index (χ1n) is 8.38. The zero-order valence-corrected chi connectivity index (χ0v) is 14.8. The second kappa shape index (κ2) is 8.28. The molecule has 8 nitrogen and oxygen atoms in total. The van der Waals surface area contributed by atoms with Crippen molar-refractivity contribution in [1.29, 1.82) is 0 Å². The molecule has 0 saturated heterocycles. The SMILES string of the molecule is Cc1nc(COc2ccc(C(=O)NCC(C)Cn3cccn3)cc2)no1. The van der Waals surface area contributed by atoms with E-state index in [0.717, 1.165) is 6.54 Å². The Bertz CT molecular complexity index is 827. The average molecular weight is 355 g/mol. The number of rotatable bonds is 8. The summed E-state index contributed by atoms with van der Waals surface area (Å²) in [6.07, 6.45) is 3.65. The summed E-state index contributed by atoms with van der Waals surface area (Å²) < 4.78 is 12.3. The number of nitrogens with one attached hydrogen (secondary N) is 1. The zero-order chi connectivity index (χ0) is 18.4. The molecule has 1 aromatic carbocycles. The maximum Gasteiger partial charge on any atom is 0.251 e. The van der Waals surface area contributed by atoms with E-state index in [1.807, 2.05) is 16.9 Å². The molecule has 0 bridgehead atoms. The van der Waals surface area contributed by atoms with Crippen LogP contribution < -0.4 is 10.1 Å². The maximum absolute atomic E-state index is 12.2. The Morgan fingerprint density at radius 3 is 2.81 bits per heavy atom. The van der Waals surface area contributed by atoms with E-state index in [9.17, 15) is 4.79 Å². The Balaban J connectivity index is 1.45. The van der Waals surface area contributed by atoms with Gasteiger partial charge in [0.2, 0.25) is 11.7 Å². The summed E-state index contributed by atoms with van der Waals surface area (Å²) >= 11 is 0. The number of aryl methyl sites for hydroxylation is 1. The minimum absolute atomic E-state index is 0.113. The number of hydrogen-bond acceptors (Lipinski definition) is 6. The highest BCUT2D eigenvalue weighted by atomic mass is 16.5. The highest BCUT2D eigenvalue weighted by Crippen LogP contribution is 2.14. The van der Waals surface area contributed by atoms with Crippen LogP contribution >= 0.6 is 0 Å². The minimum atomic E-state index is -0.113. The van der Waals surface area contributed by atoms with Gasteiger partial charge in [0, 0.05) is 38.0 Å². The van der Waals surface area contributed by atoms with Crippen molar-refractivity contribution in [2.24, 2.45) is 5.92 Å². The number of benzene rings is 1. The summed E-state index contributed by atoms with van der Waals surface area (Å²) in [6, 6.07) is 8.83. The van der Waals surface area contributed by atoms with Crippen LogP contribution in [-0.4, -0.2) is 32.4 Å². The number of ether oxygens (including phenoxy) is 1. The third-order valence-electron chi connectivity index (χ3n) is 3.72. The molecule has 0 fully saturated rings. The first-order valence-corrected chi connectivity index (χ1v) is 8.38. The van der Waals surface area contributed by atoms with Gasteiger partial charge in [-0.25, -0.2) is 0 Å². The van der Waals surface area contributed by atoms with Crippen molar-refractivity contribution in [1.82, 2.24) is 25.2 Å². The third-order valence-corrected chi connectivity index (χ3v) is 3.72. The average Bonchev–Trinajstić information content (AvgIpc) is 3.30. The highest BCUT2D eigenvalue weighted by Gasteiger charge is 2.09. The quantitative estimate of drug-likeness (QED) is 0.666. The number of nitrogens with zero attached hydrogens (tertiary/aromatic N) is 4. The van der Waals surface area contributed by atoms with Gasteiger partial charge in [-0.3, -0.25) is 9.48 Å². The standard InChI is InChI=1S/C18H21N5O3/c1-13(11-23-9-3-8-20-23)10-19-18(24)15-4-6-16(7-5-15)25-12-17-21-14(2)26-22-17/h3-9,13H,10-12H2,1-2H3,(H,19,24). The van der Waals surface area contributed by atoms with Crippen LogP contribution in [0.15, 0.2) is 47.2 Å². The number of carbonyl (C=O) groups is 1. The van der Waals surface area contributed by atoms with Crippen molar-refractivity contribution < 1.29 is 14.1 Å². The van der Waals surface area contributed by atoms with E-state index >= 15 is 0 Å². The van der Waals surface area contributed by atoms with Crippen molar-refractivity contribution in [2.75, 3.05) is 6.54 Å². The normalized spacial score (nSPS) is 11.9. The third kappa shape index (κ3) is 4.92. The molecule has 0 aliphatic carbocycles. The summed E-state index contributed by atoms with van der Waals surface area (Å²) in [6.45, 7) is 5.34. The van der Waals surface area contributed by atoms with Crippen LogP contribution in [0.3, 0.4) is 0 Å². The van der Waals surface area contributed by atoms with Crippen molar-refractivity contribution in [3.05, 3.63) is 60.0 Å². The molecule has 8 heteroatoms. The van der Waals surface area contributed by atoms with Crippen LogP contribution in [0.2, 0.25) is 0 Å². The molecular weight excluding hydrogens is 334 g/mol. The van der Waals surface area contributed by atoms with Crippen LogP contribution in [0.25, 0.3) is 0 Å². The van der Waals surface area contributed by atoms with Gasteiger partial charge in [-0.1, -0.05) is 12.1 Å². The first kappa shape index (κ1) is 17.7. The molecule has 136 valence electrons. The van der Waals surface area contributed by atoms with E-state index in [-0.39, 0.29) is 18.4 Å². The molecule has 1 atom stereocenters. The van der Waals surface area contributed by atoms with E-state index in [1.54, 1.807) is 37.4 Å². The fraction of sp³-hybridized carbons (Fsp3) is 0.333. The molecule has 1 amide bonds. The second-order valence-corrected chi connectivity index (χ2v) is 6.09. The fourth-order valence-corrected chi connectivity index (χ4v) is 2.41. The Morgan fingerprint density at radius 2 is 2.15 bits per heavy atom. The smallest absolute Gasteiger partial charge is 0.251 e. The first-order chi connectivity index (χ1) is 12.6. The van der Waals surface area contributed by atoms with Crippen molar-refractivity contribution in [2.45, 2.75) is 27.0 Å². The van der Waals surface area contributed by atoms with Crippen molar-refractivity contribution in [3.63, 3.8) is 0 Å². The lowest BCUT2D eigenvalue weighted by Crippen LogP contribution is -2.30. The highest BCUT2D eigenvalue weighted by molar-refractivity contribution is 5.94. The van der Waals surface area contributed by atoms with E-state index in [0.29, 0.717) is 29.6 Å². The van der Waals surface area contributed by atoms with Gasteiger partial charge in [0.1, 0.15) is 5.75 Å². The largest absolute Gasteiger partial charge is 0.485 e. The molecule has 3 rings (SSSR count). The van der Waals surface area contributed by atoms with Gasteiger partial charge in [0.25, 0.3) is 5.91 Å². The number of amides is 1. The number of carbonyl (C=O) groups excluding carboxylic acids is 1. The molecule has 2 aromatic heterocycles. The lowest BCUT2D eigenvalue weighted by Gasteiger charge is -2.13. The predicted octanol–water partition coefficient (Wildman–Crippen LogP) is 2.22. The molecule has 0 aliphatic rings. The second-order valence-electron chi connectivity index (χ2n) is 6.09. The van der Waals surface area contributed by atoms with E-state index < -0.39 is 0 Å². The monoisotopic (exact) mass is 355 g/mol. The molecule has 0 saturated carbocycles. The minimum Gasteiger partial charge on any atom is -0.485 e. The lowest BCUT2D eigenvalue weighted by molar-refractivity contribution is 0.0946. The molecule has 0 radical (unpaired) electrons. The Morgan fingerprint density at radius 1 is 1.35 bits per heavy atom. The van der Waals surface area contributed by atoms with Crippen LogP contribution in [0.4, 0.5) is 0 Å². The molecule has 0 spiro atoms. The summed E-state index contributed by atoms with van der Waals surface area (Å²) in [5.41, 5.74) is 0.582. The maximum atomic E-state index is 12.2. The van der Waals surface area contributed by atoms with Gasteiger partial charge in [0.05, 0.1) is 0 Å². The van der Waals surface area contributed by atoms with E-state index in [2.05, 4.69) is 27.5 Å². The molecular formula is C18H21N5O3. The van der Waals surface area contributed by atoms with Gasteiger partial charge < -0.3 is 14.6 Å². The van der Waals surface area contributed by atoms with E-state index in [1.165, 1.54) is 0 Å². The topological polar surface area (TPSA) is 95.1 Å². The molecule has 0 aliphatic heterocycles. The van der Waals surface area contributed by atoms with Gasteiger partial charge >= 0.3 is 0 Å². The van der Waals surface area contributed by atoms with Crippen LogP contribution in [0, 0.1) is 12.8 Å². The van der Waals surface area contributed by atoms with Gasteiger partial charge in [-0.15, -0.1) is 0 Å². The Kier molecular flexibility index (Phi) is 5.62. The summed E-state index contributed by atoms with van der Waals surface area (Å²) in [5.74, 6) is 1.78. The zero-order valence-electron chi connectivity index (χ0n) is 14.8. The molecule has 2 heterocycles. The van der Waals surface area contributed by atoms with Gasteiger partial charge in [-0.05, 0) is 36.2 Å². The van der Waals surface area contributed by atoms with Crippen LogP contribution in [0.1, 0.15) is 29.0 Å². The molecule has 26 heavy (non-hydrogen) atoms. The predicted molar refractivity (Wildman–Crippen MR) is 93.5 cm³/mol. The molecule has 1 unspecified atom stereocenters. The number of hydrogen-bond donors (Lipinski definition) is 1. The Labute approximate surface area is 151 Å². The molecule has 3 aromatic rings. The molecule has 1 N–H and O–H groups in total. The van der Waals surface area contributed by atoms with E-state index in [4.69, 9.17) is 9.26 Å². The lowest BCUT2D eigenvalue weighted by atomic mass is 10.1.